The number of carbonyl (C=O) groups is 1. The third-order valence-electron chi connectivity index (χ3n) is 1.33. The van der Waals surface area contributed by atoms with E-state index in [1.165, 1.54) is 0 Å². The Bertz CT molecular complexity index is 277. The molecule has 3 N–H and O–H groups in total. The molecule has 0 aromatic heterocycles. The molecular weight excluding hydrogens is 224 g/mol. The Morgan fingerprint density at radius 2 is 2.13 bits per heavy atom. The quantitative estimate of drug-likeness (QED) is 0.510. The first-order chi connectivity index (χ1) is 7.02. The predicted octanol–water partition coefficient (Wildman–Crippen LogP) is -1.36. The molecule has 1 amide bonds. The van der Waals surface area contributed by atoms with E-state index in [9.17, 15) is 13.2 Å². The molecule has 0 unspecified atom stereocenters. The van der Waals surface area contributed by atoms with Crippen LogP contribution >= 0.6 is 0 Å². The highest BCUT2D eigenvalue weighted by molar-refractivity contribution is 7.89. The molecule has 0 aliphatic heterocycles. The van der Waals surface area contributed by atoms with Gasteiger partial charge in [-0.2, -0.15) is 0 Å². The normalized spacial score (nSPS) is 11.1. The molecule has 0 saturated heterocycles. The highest BCUT2D eigenvalue weighted by atomic mass is 32.2. The molecule has 0 aliphatic rings. The molecule has 0 aromatic rings. The van der Waals surface area contributed by atoms with Crippen LogP contribution in [-0.4, -0.2) is 51.7 Å². The highest BCUT2D eigenvalue weighted by Crippen LogP contribution is 1.83. The second-order valence-electron chi connectivity index (χ2n) is 2.60. The van der Waals surface area contributed by atoms with Crippen molar-refractivity contribution in [2.45, 2.75) is 6.92 Å². The Morgan fingerprint density at radius 3 is 2.67 bits per heavy atom. The lowest BCUT2D eigenvalue weighted by atomic mass is 10.7. The molecule has 0 aliphatic carbocycles. The van der Waals surface area contributed by atoms with E-state index >= 15 is 0 Å². The summed E-state index contributed by atoms with van der Waals surface area (Å²) in [5.74, 6) is -0.199. The number of aliphatic hydroxyl groups excluding tert-OH is 1. The Labute approximate surface area is 88.9 Å². The molecule has 90 valence electrons. The zero-order valence-corrected chi connectivity index (χ0v) is 9.34. The van der Waals surface area contributed by atoms with Crippen LogP contribution in [0.25, 0.3) is 0 Å². The van der Waals surface area contributed by atoms with Gasteiger partial charge in [0.2, 0.25) is 10.0 Å². The van der Waals surface area contributed by atoms with E-state index in [-0.39, 0.29) is 25.5 Å². The molecule has 0 spiro atoms. The van der Waals surface area contributed by atoms with Crippen LogP contribution in [-0.2, 0) is 14.8 Å². The molecule has 0 rings (SSSR count). The second kappa shape index (κ2) is 7.43. The molecule has 0 bridgehead atoms. The van der Waals surface area contributed by atoms with Crippen molar-refractivity contribution in [1.82, 2.24) is 10.0 Å². The minimum atomic E-state index is -3.32. The standard InChI is InChI=1S/C7H16N2O5S/c1-2-9-15(12,13)6-3-8-7(11)14-5-4-10/h9-10H,2-6H2,1H3,(H,8,11). The molecule has 0 radical (unpaired) electrons. The number of hydrogen-bond donors (Lipinski definition) is 3. The second-order valence-corrected chi connectivity index (χ2v) is 4.53. The summed E-state index contributed by atoms with van der Waals surface area (Å²) in [6.45, 7) is 1.59. The summed E-state index contributed by atoms with van der Waals surface area (Å²) in [4.78, 5) is 10.8. The van der Waals surface area contributed by atoms with Gasteiger partial charge in [0.05, 0.1) is 12.4 Å². The summed E-state index contributed by atoms with van der Waals surface area (Å²) in [5.41, 5.74) is 0. The molecule has 15 heavy (non-hydrogen) atoms. The maximum Gasteiger partial charge on any atom is 0.407 e. The number of alkyl carbamates (subject to hydrolysis) is 1. The van der Waals surface area contributed by atoms with Crippen LogP contribution in [0.2, 0.25) is 0 Å². The van der Waals surface area contributed by atoms with E-state index in [0.29, 0.717) is 6.54 Å². The van der Waals surface area contributed by atoms with E-state index in [1.54, 1.807) is 6.92 Å². The molecule has 0 saturated carbocycles. The smallest absolute Gasteiger partial charge is 0.407 e. The molecule has 0 heterocycles. The van der Waals surface area contributed by atoms with Gasteiger partial charge in [-0.15, -0.1) is 0 Å². The highest BCUT2D eigenvalue weighted by Gasteiger charge is 2.09. The fourth-order valence-corrected chi connectivity index (χ4v) is 1.72. The average molecular weight is 240 g/mol. The molecular formula is C7H16N2O5S. The summed E-state index contributed by atoms with van der Waals surface area (Å²) in [6.07, 6.45) is -0.740. The van der Waals surface area contributed by atoms with Gasteiger partial charge in [-0.1, -0.05) is 6.92 Å². The number of carbonyl (C=O) groups excluding carboxylic acids is 1. The zero-order valence-electron chi connectivity index (χ0n) is 8.52. The zero-order chi connectivity index (χ0) is 11.7. The van der Waals surface area contributed by atoms with Crippen LogP contribution in [0.4, 0.5) is 4.79 Å². The first kappa shape index (κ1) is 14.1. The van der Waals surface area contributed by atoms with Crippen molar-refractivity contribution in [2.75, 3.05) is 32.1 Å². The van der Waals surface area contributed by atoms with Gasteiger partial charge < -0.3 is 15.2 Å². The van der Waals surface area contributed by atoms with E-state index in [1.807, 2.05) is 0 Å². The number of hydrogen-bond acceptors (Lipinski definition) is 5. The van der Waals surface area contributed by atoms with Crippen LogP contribution in [0.5, 0.6) is 0 Å². The first-order valence-corrected chi connectivity index (χ1v) is 6.16. The van der Waals surface area contributed by atoms with Crippen LogP contribution in [0, 0.1) is 0 Å². The number of ether oxygens (including phenoxy) is 1. The van der Waals surface area contributed by atoms with Crippen molar-refractivity contribution in [3.05, 3.63) is 0 Å². The van der Waals surface area contributed by atoms with Crippen molar-refractivity contribution in [2.24, 2.45) is 0 Å². The minimum absolute atomic E-state index is 0.0282. The van der Waals surface area contributed by atoms with Gasteiger partial charge in [0.25, 0.3) is 0 Å². The van der Waals surface area contributed by atoms with Crippen molar-refractivity contribution in [1.29, 1.82) is 0 Å². The van der Waals surface area contributed by atoms with Gasteiger partial charge in [-0.05, 0) is 0 Å². The maximum atomic E-state index is 11.1. The van der Waals surface area contributed by atoms with E-state index in [2.05, 4.69) is 14.8 Å². The van der Waals surface area contributed by atoms with E-state index < -0.39 is 16.1 Å². The molecule has 0 atom stereocenters. The van der Waals surface area contributed by atoms with Crippen LogP contribution in [0.15, 0.2) is 0 Å². The summed E-state index contributed by atoms with van der Waals surface area (Å²) >= 11 is 0. The van der Waals surface area contributed by atoms with Crippen LogP contribution in [0.3, 0.4) is 0 Å². The third-order valence-corrected chi connectivity index (χ3v) is 2.80. The SMILES string of the molecule is CCNS(=O)(=O)CCNC(=O)OCCO. The Morgan fingerprint density at radius 1 is 1.47 bits per heavy atom. The van der Waals surface area contributed by atoms with Crippen molar-refractivity contribution >= 4 is 16.1 Å². The molecule has 0 fully saturated rings. The summed E-state index contributed by atoms with van der Waals surface area (Å²) in [7, 11) is -3.32. The fourth-order valence-electron chi connectivity index (χ4n) is 0.769. The fraction of sp³-hybridized carbons (Fsp3) is 0.857. The molecule has 8 heteroatoms. The van der Waals surface area contributed by atoms with Gasteiger partial charge in [-0.3, -0.25) is 0 Å². The van der Waals surface area contributed by atoms with Gasteiger partial charge in [0, 0.05) is 13.1 Å². The monoisotopic (exact) mass is 240 g/mol. The summed E-state index contributed by atoms with van der Waals surface area (Å²) in [5, 5.41) is 10.6. The van der Waals surface area contributed by atoms with Gasteiger partial charge in [-0.25, -0.2) is 17.9 Å². The lowest BCUT2D eigenvalue weighted by molar-refractivity contribution is 0.119. The van der Waals surface area contributed by atoms with Gasteiger partial charge >= 0.3 is 6.09 Å². The molecule has 0 aromatic carbocycles. The maximum absolute atomic E-state index is 11.1. The Balaban J connectivity index is 3.65. The van der Waals surface area contributed by atoms with E-state index in [0.717, 1.165) is 0 Å². The third kappa shape index (κ3) is 8.16. The van der Waals surface area contributed by atoms with Gasteiger partial charge in [0.15, 0.2) is 0 Å². The average Bonchev–Trinajstić information content (AvgIpc) is 2.14. The van der Waals surface area contributed by atoms with Gasteiger partial charge in [0.1, 0.15) is 6.61 Å². The van der Waals surface area contributed by atoms with Crippen LogP contribution in [0.1, 0.15) is 6.92 Å². The van der Waals surface area contributed by atoms with Crippen molar-refractivity contribution < 1.29 is 23.1 Å². The minimum Gasteiger partial charge on any atom is -0.447 e. The largest absolute Gasteiger partial charge is 0.447 e. The van der Waals surface area contributed by atoms with Crippen molar-refractivity contribution in [3.8, 4) is 0 Å². The Hall–Kier alpha value is -0.860. The lowest BCUT2D eigenvalue weighted by Crippen LogP contribution is -2.34. The number of amides is 1. The number of sulfonamides is 1. The topological polar surface area (TPSA) is 105 Å². The predicted molar refractivity (Wildman–Crippen MR) is 53.9 cm³/mol. The lowest BCUT2D eigenvalue weighted by Gasteiger charge is -2.06. The summed E-state index contributed by atoms with van der Waals surface area (Å²) in [6, 6.07) is 0. The number of aliphatic hydroxyl groups is 1. The summed E-state index contributed by atoms with van der Waals surface area (Å²) < 4.78 is 28.9. The van der Waals surface area contributed by atoms with Crippen LogP contribution < -0.4 is 10.0 Å². The van der Waals surface area contributed by atoms with E-state index in [4.69, 9.17) is 5.11 Å². The first-order valence-electron chi connectivity index (χ1n) is 4.50. The van der Waals surface area contributed by atoms with Crippen molar-refractivity contribution in [3.63, 3.8) is 0 Å². The number of rotatable bonds is 7. The number of nitrogens with one attached hydrogen (secondary N) is 2. The molecule has 7 nitrogen and oxygen atoms in total. The Kier molecular flexibility index (Phi) is 7.01.